The highest BCUT2D eigenvalue weighted by Crippen LogP contribution is 2.16. The molecule has 0 bridgehead atoms. The van der Waals surface area contributed by atoms with E-state index in [4.69, 9.17) is 0 Å². The van der Waals surface area contributed by atoms with E-state index in [2.05, 4.69) is 73.2 Å². The Morgan fingerprint density at radius 2 is 2.00 bits per heavy atom. The molecule has 1 rings (SSSR count). The van der Waals surface area contributed by atoms with Crippen molar-refractivity contribution in [3.63, 3.8) is 0 Å². The first-order chi connectivity index (χ1) is 7.87. The molecule has 96 valence electrons. The van der Waals surface area contributed by atoms with Crippen LogP contribution in [0.2, 0.25) is 0 Å². The monoisotopic (exact) mass is 297 g/mol. The van der Waals surface area contributed by atoms with Gasteiger partial charge in [-0.15, -0.1) is 0 Å². The number of benzene rings is 1. The Bertz CT molecular complexity index is 341. The van der Waals surface area contributed by atoms with Crippen molar-refractivity contribution in [2.45, 2.75) is 46.1 Å². The van der Waals surface area contributed by atoms with Crippen LogP contribution in [0.4, 0.5) is 0 Å². The lowest BCUT2D eigenvalue weighted by atomic mass is 9.97. The van der Waals surface area contributed by atoms with E-state index in [0.717, 1.165) is 18.9 Å². The Balaban J connectivity index is 2.32. The molecular formula is C15H24BrN. The molecule has 1 atom stereocenters. The molecule has 0 aliphatic heterocycles. The zero-order valence-electron chi connectivity index (χ0n) is 11.4. The number of nitrogens with one attached hydrogen (secondary N) is 1. The van der Waals surface area contributed by atoms with Crippen LogP contribution in [0.1, 0.15) is 39.7 Å². The summed E-state index contributed by atoms with van der Waals surface area (Å²) in [6.07, 6.45) is 2.38. The second-order valence-corrected chi connectivity index (χ2v) is 6.82. The third kappa shape index (κ3) is 6.85. The maximum Gasteiger partial charge on any atom is 0.0177 e. The van der Waals surface area contributed by atoms with Crippen LogP contribution >= 0.6 is 15.9 Å². The van der Waals surface area contributed by atoms with Crippen molar-refractivity contribution in [3.8, 4) is 0 Å². The lowest BCUT2D eigenvalue weighted by Gasteiger charge is -2.22. The Kier molecular flexibility index (Phi) is 5.68. The highest BCUT2D eigenvalue weighted by atomic mass is 79.9. The van der Waals surface area contributed by atoms with Gasteiger partial charge < -0.3 is 5.32 Å². The number of hydrogen-bond acceptors (Lipinski definition) is 1. The van der Waals surface area contributed by atoms with E-state index in [9.17, 15) is 0 Å². The minimum absolute atomic E-state index is 0.232. The molecule has 0 spiro atoms. The molecule has 0 amide bonds. The summed E-state index contributed by atoms with van der Waals surface area (Å²) in [7, 11) is 0. The summed E-state index contributed by atoms with van der Waals surface area (Å²) in [4.78, 5) is 0. The third-order valence-corrected chi connectivity index (χ3v) is 3.26. The molecule has 1 N–H and O–H groups in total. The van der Waals surface area contributed by atoms with Crippen LogP contribution in [-0.4, -0.2) is 12.1 Å². The third-order valence-electron chi connectivity index (χ3n) is 2.77. The molecule has 0 heterocycles. The van der Waals surface area contributed by atoms with E-state index in [1.165, 1.54) is 16.5 Å². The number of rotatable bonds is 5. The fourth-order valence-corrected chi connectivity index (χ4v) is 2.31. The van der Waals surface area contributed by atoms with Gasteiger partial charge in [0, 0.05) is 10.0 Å². The first-order valence-electron chi connectivity index (χ1n) is 6.36. The second-order valence-electron chi connectivity index (χ2n) is 5.90. The quantitative estimate of drug-likeness (QED) is 0.849. The molecule has 2 heteroatoms. The Morgan fingerprint density at radius 3 is 2.59 bits per heavy atom. The first-order valence-corrected chi connectivity index (χ1v) is 7.15. The van der Waals surface area contributed by atoms with Gasteiger partial charge >= 0.3 is 0 Å². The molecule has 1 nitrogen and oxygen atoms in total. The Morgan fingerprint density at radius 1 is 1.29 bits per heavy atom. The van der Waals surface area contributed by atoms with Gasteiger partial charge in [0.15, 0.2) is 0 Å². The zero-order valence-corrected chi connectivity index (χ0v) is 13.0. The van der Waals surface area contributed by atoms with Crippen LogP contribution in [0.3, 0.4) is 0 Å². The van der Waals surface area contributed by atoms with E-state index in [-0.39, 0.29) is 5.54 Å². The fourth-order valence-electron chi connectivity index (χ4n) is 1.86. The van der Waals surface area contributed by atoms with Crippen LogP contribution < -0.4 is 5.32 Å². The van der Waals surface area contributed by atoms with Gasteiger partial charge in [-0.25, -0.2) is 0 Å². The minimum Gasteiger partial charge on any atom is -0.312 e. The highest BCUT2D eigenvalue weighted by Gasteiger charge is 2.09. The average Bonchev–Trinajstić information content (AvgIpc) is 2.15. The average molecular weight is 298 g/mol. The topological polar surface area (TPSA) is 12.0 Å². The predicted molar refractivity (Wildman–Crippen MR) is 79.4 cm³/mol. The molecular weight excluding hydrogens is 274 g/mol. The SMILES string of the molecule is CC(CCNC(C)(C)C)Cc1cccc(Br)c1. The number of hydrogen-bond donors (Lipinski definition) is 1. The molecule has 0 radical (unpaired) electrons. The van der Waals surface area contributed by atoms with Gasteiger partial charge in [0.05, 0.1) is 0 Å². The maximum absolute atomic E-state index is 3.54. The normalized spacial score (nSPS) is 13.7. The van der Waals surface area contributed by atoms with Crippen LogP contribution in [0, 0.1) is 5.92 Å². The molecule has 1 unspecified atom stereocenters. The summed E-state index contributed by atoms with van der Waals surface area (Å²) in [5, 5.41) is 3.54. The lowest BCUT2D eigenvalue weighted by molar-refractivity contribution is 0.394. The van der Waals surface area contributed by atoms with Gasteiger partial charge in [0.1, 0.15) is 0 Å². The molecule has 0 aliphatic rings. The summed E-state index contributed by atoms with van der Waals surface area (Å²) >= 11 is 3.52. The minimum atomic E-state index is 0.232. The molecule has 0 saturated heterocycles. The largest absolute Gasteiger partial charge is 0.312 e. The smallest absolute Gasteiger partial charge is 0.0177 e. The van der Waals surface area contributed by atoms with Crippen molar-refractivity contribution in [2.24, 2.45) is 5.92 Å². The van der Waals surface area contributed by atoms with Crippen molar-refractivity contribution in [2.75, 3.05) is 6.54 Å². The standard InChI is InChI=1S/C15H24BrN/c1-12(8-9-17-15(2,3)4)10-13-6-5-7-14(16)11-13/h5-7,11-12,17H,8-10H2,1-4H3. The van der Waals surface area contributed by atoms with E-state index in [1.807, 2.05) is 0 Å². The van der Waals surface area contributed by atoms with Gasteiger partial charge in [-0.3, -0.25) is 0 Å². The molecule has 0 aromatic heterocycles. The first kappa shape index (κ1) is 14.7. The van der Waals surface area contributed by atoms with E-state index in [1.54, 1.807) is 0 Å². The molecule has 0 saturated carbocycles. The van der Waals surface area contributed by atoms with Crippen molar-refractivity contribution in [1.82, 2.24) is 5.32 Å². The summed E-state index contributed by atoms with van der Waals surface area (Å²) in [6.45, 7) is 10.1. The molecule has 1 aromatic rings. The molecule has 17 heavy (non-hydrogen) atoms. The summed E-state index contributed by atoms with van der Waals surface area (Å²) in [6, 6.07) is 8.61. The van der Waals surface area contributed by atoms with Gasteiger partial charge in [-0.05, 0) is 63.8 Å². The van der Waals surface area contributed by atoms with Crippen molar-refractivity contribution < 1.29 is 0 Å². The zero-order chi connectivity index (χ0) is 12.9. The summed E-state index contributed by atoms with van der Waals surface area (Å²) < 4.78 is 1.18. The fraction of sp³-hybridized carbons (Fsp3) is 0.600. The Labute approximate surface area is 114 Å². The van der Waals surface area contributed by atoms with Gasteiger partial charge in [0.25, 0.3) is 0 Å². The summed E-state index contributed by atoms with van der Waals surface area (Å²) in [5.74, 6) is 0.721. The molecule has 0 fully saturated rings. The number of halogens is 1. The lowest BCUT2D eigenvalue weighted by Crippen LogP contribution is -2.37. The predicted octanol–water partition coefficient (Wildman–Crippen LogP) is 4.41. The van der Waals surface area contributed by atoms with Crippen LogP contribution in [0.15, 0.2) is 28.7 Å². The Hall–Kier alpha value is -0.340. The van der Waals surface area contributed by atoms with Crippen molar-refractivity contribution >= 4 is 15.9 Å². The van der Waals surface area contributed by atoms with E-state index < -0.39 is 0 Å². The van der Waals surface area contributed by atoms with Gasteiger partial charge in [-0.2, -0.15) is 0 Å². The van der Waals surface area contributed by atoms with E-state index >= 15 is 0 Å². The van der Waals surface area contributed by atoms with Crippen LogP contribution in [-0.2, 0) is 6.42 Å². The highest BCUT2D eigenvalue weighted by molar-refractivity contribution is 9.10. The maximum atomic E-state index is 3.54. The van der Waals surface area contributed by atoms with Crippen molar-refractivity contribution in [3.05, 3.63) is 34.3 Å². The van der Waals surface area contributed by atoms with Crippen LogP contribution in [0.25, 0.3) is 0 Å². The second kappa shape index (κ2) is 6.55. The van der Waals surface area contributed by atoms with Gasteiger partial charge in [0.2, 0.25) is 0 Å². The molecule has 1 aromatic carbocycles. The van der Waals surface area contributed by atoms with E-state index in [0.29, 0.717) is 0 Å². The van der Waals surface area contributed by atoms with Gasteiger partial charge in [-0.1, -0.05) is 35.0 Å². The summed E-state index contributed by atoms with van der Waals surface area (Å²) in [5.41, 5.74) is 1.65. The van der Waals surface area contributed by atoms with Crippen molar-refractivity contribution in [1.29, 1.82) is 0 Å². The van der Waals surface area contributed by atoms with Crippen LogP contribution in [0.5, 0.6) is 0 Å². The molecule has 0 aliphatic carbocycles.